The Morgan fingerprint density at radius 1 is 1.16 bits per heavy atom. The van der Waals surface area contributed by atoms with Gasteiger partial charge in [0.2, 0.25) is 0 Å². The molecule has 1 N–H and O–H groups in total. The first-order valence-electron chi connectivity index (χ1n) is 8.45. The van der Waals surface area contributed by atoms with E-state index in [-0.39, 0.29) is 0 Å². The molecule has 0 aromatic rings. The number of rotatable bonds is 6. The fraction of sp³-hybridized carbons (Fsp3) is 1.00. The topological polar surface area (TPSA) is 18.5 Å². The molecule has 0 bridgehead atoms. The van der Waals surface area contributed by atoms with Crippen molar-refractivity contribution in [1.29, 1.82) is 0 Å². The number of likely N-dealkylation sites (N-methyl/N-ethyl adjacent to an activating group) is 1. The Balaban J connectivity index is 2.00. The largest absolute Gasteiger partial charge is 0.315 e. The van der Waals surface area contributed by atoms with E-state index in [1.54, 1.807) is 0 Å². The second-order valence-corrected chi connectivity index (χ2v) is 6.34. The lowest BCUT2D eigenvalue weighted by Gasteiger charge is -2.37. The minimum Gasteiger partial charge on any atom is -0.315 e. The van der Waals surface area contributed by atoms with Gasteiger partial charge in [0, 0.05) is 24.7 Å². The van der Waals surface area contributed by atoms with E-state index >= 15 is 0 Å². The SMILES string of the molecule is CCCC(NC)C(CC)N1CCCN2CCCC2C1. The number of nitrogens with zero attached hydrogens (tertiary/aromatic N) is 2. The molecule has 112 valence electrons. The number of hydrogen-bond donors (Lipinski definition) is 1. The smallest absolute Gasteiger partial charge is 0.0247 e. The number of hydrogen-bond acceptors (Lipinski definition) is 3. The van der Waals surface area contributed by atoms with Crippen LogP contribution in [0.1, 0.15) is 52.4 Å². The Labute approximate surface area is 119 Å². The Morgan fingerprint density at radius 2 is 1.95 bits per heavy atom. The molecule has 3 nitrogen and oxygen atoms in total. The summed E-state index contributed by atoms with van der Waals surface area (Å²) >= 11 is 0. The van der Waals surface area contributed by atoms with Gasteiger partial charge >= 0.3 is 0 Å². The van der Waals surface area contributed by atoms with Gasteiger partial charge < -0.3 is 5.32 Å². The third-order valence-corrected chi connectivity index (χ3v) is 5.16. The summed E-state index contributed by atoms with van der Waals surface area (Å²) in [6.07, 6.45) is 8.06. The molecule has 3 unspecified atom stereocenters. The summed E-state index contributed by atoms with van der Waals surface area (Å²) in [5.74, 6) is 0. The molecular weight excluding hydrogens is 234 g/mol. The minimum atomic E-state index is 0.669. The first-order valence-corrected chi connectivity index (χ1v) is 8.45. The number of nitrogens with one attached hydrogen (secondary N) is 1. The van der Waals surface area contributed by atoms with E-state index in [4.69, 9.17) is 0 Å². The lowest BCUT2D eigenvalue weighted by atomic mass is 9.98. The molecule has 2 aliphatic heterocycles. The van der Waals surface area contributed by atoms with Crippen LogP contribution in [0.5, 0.6) is 0 Å². The van der Waals surface area contributed by atoms with Crippen molar-refractivity contribution in [1.82, 2.24) is 15.1 Å². The van der Waals surface area contributed by atoms with Crippen molar-refractivity contribution >= 4 is 0 Å². The highest BCUT2D eigenvalue weighted by Gasteiger charge is 2.33. The molecule has 0 aliphatic carbocycles. The van der Waals surface area contributed by atoms with Crippen molar-refractivity contribution in [3.8, 4) is 0 Å². The van der Waals surface area contributed by atoms with Gasteiger partial charge in [0.15, 0.2) is 0 Å². The van der Waals surface area contributed by atoms with Crippen LogP contribution in [0.4, 0.5) is 0 Å². The van der Waals surface area contributed by atoms with Gasteiger partial charge in [-0.3, -0.25) is 9.80 Å². The van der Waals surface area contributed by atoms with Crippen LogP contribution < -0.4 is 5.32 Å². The van der Waals surface area contributed by atoms with Gasteiger partial charge in [-0.15, -0.1) is 0 Å². The first-order chi connectivity index (χ1) is 9.30. The summed E-state index contributed by atoms with van der Waals surface area (Å²) in [5, 5.41) is 3.58. The molecule has 2 heterocycles. The van der Waals surface area contributed by atoms with E-state index in [9.17, 15) is 0 Å². The average Bonchev–Trinajstić information content (AvgIpc) is 2.77. The van der Waals surface area contributed by atoms with Crippen LogP contribution in [0.3, 0.4) is 0 Å². The van der Waals surface area contributed by atoms with Gasteiger partial charge in [0.25, 0.3) is 0 Å². The zero-order valence-electron chi connectivity index (χ0n) is 13.2. The highest BCUT2D eigenvalue weighted by Crippen LogP contribution is 2.24. The molecule has 2 fully saturated rings. The predicted octanol–water partition coefficient (Wildman–Crippen LogP) is 2.32. The van der Waals surface area contributed by atoms with Gasteiger partial charge in [-0.2, -0.15) is 0 Å². The molecular formula is C16H33N3. The van der Waals surface area contributed by atoms with Crippen molar-refractivity contribution in [2.75, 3.05) is 33.2 Å². The standard InChI is InChI=1S/C16H33N3/c1-4-8-15(17-3)16(5-2)19-12-7-11-18-10-6-9-14(18)13-19/h14-17H,4-13H2,1-3H3. The quantitative estimate of drug-likeness (QED) is 0.797. The molecule has 0 spiro atoms. The average molecular weight is 267 g/mol. The highest BCUT2D eigenvalue weighted by atomic mass is 15.3. The lowest BCUT2D eigenvalue weighted by Crippen LogP contribution is -2.51. The van der Waals surface area contributed by atoms with Gasteiger partial charge in [-0.25, -0.2) is 0 Å². The van der Waals surface area contributed by atoms with E-state index in [0.29, 0.717) is 6.04 Å². The van der Waals surface area contributed by atoms with Gasteiger partial charge in [0.1, 0.15) is 0 Å². The Bertz CT molecular complexity index is 256. The monoisotopic (exact) mass is 267 g/mol. The molecule has 2 saturated heterocycles. The molecule has 0 radical (unpaired) electrons. The van der Waals surface area contributed by atoms with Crippen LogP contribution in [-0.2, 0) is 0 Å². The zero-order chi connectivity index (χ0) is 13.7. The normalized spacial score (nSPS) is 28.9. The third-order valence-electron chi connectivity index (χ3n) is 5.16. The summed E-state index contributed by atoms with van der Waals surface area (Å²) in [4.78, 5) is 5.54. The van der Waals surface area contributed by atoms with E-state index in [1.165, 1.54) is 64.7 Å². The zero-order valence-corrected chi connectivity index (χ0v) is 13.2. The van der Waals surface area contributed by atoms with Gasteiger partial charge in [0.05, 0.1) is 0 Å². The minimum absolute atomic E-state index is 0.669. The Morgan fingerprint density at radius 3 is 2.63 bits per heavy atom. The molecule has 0 amide bonds. The maximum atomic E-state index is 3.58. The Kier molecular flexibility index (Phi) is 6.11. The number of fused-ring (bicyclic) bond motifs is 1. The second-order valence-electron chi connectivity index (χ2n) is 6.34. The van der Waals surface area contributed by atoms with Gasteiger partial charge in [-0.1, -0.05) is 20.3 Å². The predicted molar refractivity (Wildman–Crippen MR) is 82.6 cm³/mol. The molecule has 0 saturated carbocycles. The molecule has 3 heteroatoms. The maximum Gasteiger partial charge on any atom is 0.0247 e. The Hall–Kier alpha value is -0.120. The summed E-state index contributed by atoms with van der Waals surface area (Å²) in [6, 6.07) is 2.24. The molecule has 3 atom stereocenters. The molecule has 2 rings (SSSR count). The van der Waals surface area contributed by atoms with E-state index in [2.05, 4.69) is 36.0 Å². The van der Waals surface area contributed by atoms with Crippen LogP contribution in [0.25, 0.3) is 0 Å². The van der Waals surface area contributed by atoms with Crippen molar-refractivity contribution in [2.45, 2.75) is 70.5 Å². The van der Waals surface area contributed by atoms with Crippen molar-refractivity contribution in [3.05, 3.63) is 0 Å². The van der Waals surface area contributed by atoms with E-state index in [0.717, 1.165) is 12.1 Å². The van der Waals surface area contributed by atoms with Crippen LogP contribution in [0.2, 0.25) is 0 Å². The van der Waals surface area contributed by atoms with Gasteiger partial charge in [-0.05, 0) is 58.8 Å². The maximum absolute atomic E-state index is 3.58. The van der Waals surface area contributed by atoms with Crippen molar-refractivity contribution in [2.24, 2.45) is 0 Å². The fourth-order valence-electron chi connectivity index (χ4n) is 4.17. The summed E-state index contributed by atoms with van der Waals surface area (Å²) < 4.78 is 0. The molecule has 2 aliphatic rings. The molecule has 0 aromatic carbocycles. The lowest BCUT2D eigenvalue weighted by molar-refractivity contribution is 0.136. The molecule has 19 heavy (non-hydrogen) atoms. The van der Waals surface area contributed by atoms with Crippen molar-refractivity contribution < 1.29 is 0 Å². The first kappa shape index (κ1) is 15.3. The van der Waals surface area contributed by atoms with Crippen LogP contribution in [0, 0.1) is 0 Å². The fourth-order valence-corrected chi connectivity index (χ4v) is 4.17. The third kappa shape index (κ3) is 3.71. The van der Waals surface area contributed by atoms with Crippen molar-refractivity contribution in [3.63, 3.8) is 0 Å². The summed E-state index contributed by atoms with van der Waals surface area (Å²) in [5.41, 5.74) is 0. The van der Waals surface area contributed by atoms with Crippen LogP contribution in [0.15, 0.2) is 0 Å². The van der Waals surface area contributed by atoms with Crippen LogP contribution >= 0.6 is 0 Å². The highest BCUT2D eigenvalue weighted by molar-refractivity contribution is 4.90. The van der Waals surface area contributed by atoms with Crippen LogP contribution in [-0.4, -0.2) is 61.2 Å². The second kappa shape index (κ2) is 7.61. The molecule has 0 aromatic heterocycles. The summed E-state index contributed by atoms with van der Waals surface area (Å²) in [6.45, 7) is 9.95. The summed E-state index contributed by atoms with van der Waals surface area (Å²) in [7, 11) is 2.14. The van der Waals surface area contributed by atoms with E-state index in [1.807, 2.05) is 0 Å². The van der Waals surface area contributed by atoms with E-state index < -0.39 is 0 Å².